The summed E-state index contributed by atoms with van der Waals surface area (Å²) >= 11 is 0. The normalized spacial score (nSPS) is 20.0. The predicted octanol–water partition coefficient (Wildman–Crippen LogP) is 0.844. The van der Waals surface area contributed by atoms with Gasteiger partial charge in [0.15, 0.2) is 0 Å². The van der Waals surface area contributed by atoms with Crippen LogP contribution in [0.5, 0.6) is 0 Å². The van der Waals surface area contributed by atoms with Crippen molar-refractivity contribution in [2.45, 2.75) is 25.3 Å². The molecule has 18 heavy (non-hydrogen) atoms. The number of piperidine rings is 1. The minimum atomic E-state index is -0.424. The Kier molecular flexibility index (Phi) is 3.72. The minimum absolute atomic E-state index is 0.0896. The Morgan fingerprint density at radius 3 is 2.83 bits per heavy atom. The van der Waals surface area contributed by atoms with E-state index < -0.39 is 5.82 Å². The largest absolute Gasteiger partial charge is 0.327 e. The molecular weight excluding hydrogens is 235 g/mol. The number of hydrogen-bond donors (Lipinski definition) is 1. The van der Waals surface area contributed by atoms with Crippen LogP contribution < -0.4 is 5.73 Å². The summed E-state index contributed by atoms with van der Waals surface area (Å²) in [5, 5.41) is 0. The monoisotopic (exact) mass is 250 g/mol. The zero-order valence-electron chi connectivity index (χ0n) is 9.93. The number of likely N-dealkylation sites (tertiary alicyclic amines) is 1. The summed E-state index contributed by atoms with van der Waals surface area (Å²) in [5.74, 6) is -1.06. The van der Waals surface area contributed by atoms with Gasteiger partial charge in [-0.3, -0.25) is 14.5 Å². The number of carbonyl (C=O) groups excluding carboxylic acids is 2. The topological polar surface area (TPSA) is 63.4 Å². The summed E-state index contributed by atoms with van der Waals surface area (Å²) in [6.07, 6.45) is 0.700. The van der Waals surface area contributed by atoms with Crippen molar-refractivity contribution in [3.05, 3.63) is 35.6 Å². The van der Waals surface area contributed by atoms with Crippen LogP contribution in [0.25, 0.3) is 0 Å². The quantitative estimate of drug-likeness (QED) is 0.846. The van der Waals surface area contributed by atoms with Gasteiger partial charge in [-0.1, -0.05) is 18.2 Å². The minimum Gasteiger partial charge on any atom is -0.327 e. The molecule has 1 aliphatic rings. The van der Waals surface area contributed by atoms with Crippen LogP contribution in [0, 0.1) is 5.82 Å². The standard InChI is InChI=1S/C13H15FN2O2/c14-11-4-2-1-3-9(11)7-12(17)16-6-5-10(15)8-13(16)18/h1-4,10H,5-8,15H2. The summed E-state index contributed by atoms with van der Waals surface area (Å²) in [7, 11) is 0. The van der Waals surface area contributed by atoms with Gasteiger partial charge < -0.3 is 5.73 Å². The van der Waals surface area contributed by atoms with Crippen molar-refractivity contribution in [1.29, 1.82) is 0 Å². The third kappa shape index (κ3) is 2.73. The van der Waals surface area contributed by atoms with Crippen LogP contribution >= 0.6 is 0 Å². The van der Waals surface area contributed by atoms with E-state index in [2.05, 4.69) is 0 Å². The van der Waals surface area contributed by atoms with Gasteiger partial charge in [0.25, 0.3) is 0 Å². The molecule has 0 spiro atoms. The highest BCUT2D eigenvalue weighted by molar-refractivity contribution is 5.96. The lowest BCUT2D eigenvalue weighted by Crippen LogP contribution is -2.47. The van der Waals surface area contributed by atoms with E-state index >= 15 is 0 Å². The van der Waals surface area contributed by atoms with Crippen molar-refractivity contribution < 1.29 is 14.0 Å². The Morgan fingerprint density at radius 2 is 2.17 bits per heavy atom. The van der Waals surface area contributed by atoms with Crippen molar-refractivity contribution in [2.24, 2.45) is 5.73 Å². The third-order valence-corrected chi connectivity index (χ3v) is 3.06. The highest BCUT2D eigenvalue weighted by Gasteiger charge is 2.28. The lowest BCUT2D eigenvalue weighted by Gasteiger charge is -2.28. The maximum absolute atomic E-state index is 13.4. The molecule has 96 valence electrons. The molecule has 1 heterocycles. The fraction of sp³-hybridized carbons (Fsp3) is 0.385. The molecule has 2 amide bonds. The van der Waals surface area contributed by atoms with Gasteiger partial charge in [0.05, 0.1) is 6.42 Å². The van der Waals surface area contributed by atoms with E-state index in [1.807, 2.05) is 0 Å². The molecule has 0 radical (unpaired) electrons. The lowest BCUT2D eigenvalue weighted by molar-refractivity contribution is -0.146. The second kappa shape index (κ2) is 5.27. The molecule has 0 aliphatic carbocycles. The van der Waals surface area contributed by atoms with Gasteiger partial charge in [-0.25, -0.2) is 4.39 Å². The van der Waals surface area contributed by atoms with Gasteiger partial charge in [0.1, 0.15) is 5.82 Å². The molecule has 1 saturated heterocycles. The Balaban J connectivity index is 2.04. The third-order valence-electron chi connectivity index (χ3n) is 3.06. The average Bonchev–Trinajstić information content (AvgIpc) is 2.32. The Morgan fingerprint density at radius 1 is 1.44 bits per heavy atom. The molecule has 1 atom stereocenters. The van der Waals surface area contributed by atoms with Crippen molar-refractivity contribution >= 4 is 11.8 Å². The molecule has 2 rings (SSSR count). The first-order chi connectivity index (χ1) is 8.58. The van der Waals surface area contributed by atoms with E-state index in [0.717, 1.165) is 0 Å². The highest BCUT2D eigenvalue weighted by atomic mass is 19.1. The Bertz CT molecular complexity index is 476. The molecule has 1 unspecified atom stereocenters. The first-order valence-corrected chi connectivity index (χ1v) is 5.90. The first kappa shape index (κ1) is 12.7. The predicted molar refractivity (Wildman–Crippen MR) is 64.0 cm³/mol. The fourth-order valence-corrected chi connectivity index (χ4v) is 2.02. The number of carbonyl (C=O) groups is 2. The van der Waals surface area contributed by atoms with Crippen LogP contribution in [-0.2, 0) is 16.0 Å². The van der Waals surface area contributed by atoms with Crippen LogP contribution in [-0.4, -0.2) is 29.3 Å². The van der Waals surface area contributed by atoms with Crippen molar-refractivity contribution in [2.75, 3.05) is 6.54 Å². The molecule has 5 heteroatoms. The zero-order valence-corrected chi connectivity index (χ0v) is 9.93. The van der Waals surface area contributed by atoms with E-state index in [1.54, 1.807) is 18.2 Å². The zero-order chi connectivity index (χ0) is 13.1. The van der Waals surface area contributed by atoms with Gasteiger partial charge in [-0.2, -0.15) is 0 Å². The van der Waals surface area contributed by atoms with Crippen LogP contribution in [0.1, 0.15) is 18.4 Å². The molecule has 1 aromatic rings. The molecule has 0 saturated carbocycles. The number of rotatable bonds is 2. The number of halogens is 1. The summed E-state index contributed by atoms with van der Waals surface area (Å²) < 4.78 is 13.4. The Hall–Kier alpha value is -1.75. The molecule has 0 aromatic heterocycles. The molecule has 1 aromatic carbocycles. The number of benzene rings is 1. The maximum atomic E-state index is 13.4. The summed E-state index contributed by atoms with van der Waals surface area (Å²) in [4.78, 5) is 24.8. The molecule has 1 fully saturated rings. The number of amides is 2. The summed E-state index contributed by atoms with van der Waals surface area (Å²) in [5.41, 5.74) is 5.96. The second-order valence-corrected chi connectivity index (χ2v) is 4.46. The van der Waals surface area contributed by atoms with Gasteiger partial charge in [0.2, 0.25) is 11.8 Å². The smallest absolute Gasteiger partial charge is 0.233 e. The molecule has 1 aliphatic heterocycles. The van der Waals surface area contributed by atoms with E-state index in [-0.39, 0.29) is 30.7 Å². The summed E-state index contributed by atoms with van der Waals surface area (Å²) in [6, 6.07) is 5.91. The fourth-order valence-electron chi connectivity index (χ4n) is 2.02. The van der Waals surface area contributed by atoms with Gasteiger partial charge >= 0.3 is 0 Å². The van der Waals surface area contributed by atoms with Crippen molar-refractivity contribution in [3.63, 3.8) is 0 Å². The Labute approximate surface area is 105 Å². The SMILES string of the molecule is NC1CCN(C(=O)Cc2ccccc2F)C(=O)C1. The summed E-state index contributed by atoms with van der Waals surface area (Å²) in [6.45, 7) is 0.327. The maximum Gasteiger partial charge on any atom is 0.233 e. The van der Waals surface area contributed by atoms with Gasteiger partial charge in [-0.05, 0) is 18.1 Å². The van der Waals surface area contributed by atoms with Crippen LogP contribution in [0.4, 0.5) is 4.39 Å². The molecule has 4 nitrogen and oxygen atoms in total. The molecular formula is C13H15FN2O2. The van der Waals surface area contributed by atoms with Crippen LogP contribution in [0.15, 0.2) is 24.3 Å². The number of nitrogens with two attached hydrogens (primary N) is 1. The van der Waals surface area contributed by atoms with Crippen molar-refractivity contribution in [3.8, 4) is 0 Å². The average molecular weight is 250 g/mol. The van der Waals surface area contributed by atoms with E-state index in [1.165, 1.54) is 11.0 Å². The number of imide groups is 1. The van der Waals surface area contributed by atoms with Gasteiger partial charge in [-0.15, -0.1) is 0 Å². The van der Waals surface area contributed by atoms with E-state index in [0.29, 0.717) is 18.5 Å². The lowest BCUT2D eigenvalue weighted by atomic mass is 10.0. The number of hydrogen-bond acceptors (Lipinski definition) is 3. The molecule has 0 bridgehead atoms. The number of nitrogens with zero attached hydrogens (tertiary/aromatic N) is 1. The van der Waals surface area contributed by atoms with Gasteiger partial charge in [0, 0.05) is 19.0 Å². The first-order valence-electron chi connectivity index (χ1n) is 5.90. The van der Waals surface area contributed by atoms with E-state index in [9.17, 15) is 14.0 Å². The van der Waals surface area contributed by atoms with Crippen LogP contribution in [0.3, 0.4) is 0 Å². The molecule has 2 N–H and O–H groups in total. The highest BCUT2D eigenvalue weighted by Crippen LogP contribution is 2.14. The van der Waals surface area contributed by atoms with E-state index in [4.69, 9.17) is 5.73 Å². The van der Waals surface area contributed by atoms with Crippen LogP contribution in [0.2, 0.25) is 0 Å². The second-order valence-electron chi connectivity index (χ2n) is 4.46. The van der Waals surface area contributed by atoms with Crippen molar-refractivity contribution in [1.82, 2.24) is 4.90 Å².